The molecule has 1 atom stereocenters. The van der Waals surface area contributed by atoms with Crippen LogP contribution in [0.3, 0.4) is 0 Å². The fourth-order valence-electron chi connectivity index (χ4n) is 2.26. The second-order valence-electron chi connectivity index (χ2n) is 4.85. The molecule has 8 heteroatoms. The summed E-state index contributed by atoms with van der Waals surface area (Å²) in [5, 5.41) is 0.443. The van der Waals surface area contributed by atoms with E-state index in [-0.39, 0.29) is 35.3 Å². The number of carbonyl (C=O) groups is 1. The number of hydrogen-bond acceptors (Lipinski definition) is 4. The summed E-state index contributed by atoms with van der Waals surface area (Å²) in [4.78, 5) is 12.0. The second kappa shape index (κ2) is 5.66. The predicted molar refractivity (Wildman–Crippen MR) is 82.4 cm³/mol. The summed E-state index contributed by atoms with van der Waals surface area (Å²) in [5.74, 6) is -0.754. The normalized spacial score (nSPS) is 24.1. The van der Waals surface area contributed by atoms with Crippen molar-refractivity contribution in [2.75, 3.05) is 17.5 Å². The van der Waals surface area contributed by atoms with Gasteiger partial charge in [0.2, 0.25) is 0 Å². The highest BCUT2D eigenvalue weighted by atomic mass is 35.5. The Kier molecular flexibility index (Phi) is 4.42. The predicted octanol–water partition coefficient (Wildman–Crippen LogP) is 2.86. The maximum Gasteiger partial charge on any atom is 0.329 e. The fraction of sp³-hybridized carbons (Fsp3) is 0.462. The van der Waals surface area contributed by atoms with Gasteiger partial charge in [0.1, 0.15) is 0 Å². The fourth-order valence-corrected chi connectivity index (χ4v) is 4.83. The monoisotopic (exact) mass is 351 g/mol. The highest BCUT2D eigenvalue weighted by molar-refractivity contribution is 7.95. The zero-order chi connectivity index (χ0) is 15.8. The van der Waals surface area contributed by atoms with Gasteiger partial charge in [-0.3, -0.25) is 9.10 Å². The average Bonchev–Trinajstić information content (AvgIpc) is 2.63. The lowest BCUT2D eigenvalue weighted by molar-refractivity contribution is -0.145. The minimum Gasteiger partial charge on any atom is -0.465 e. The third-order valence-corrected chi connectivity index (χ3v) is 6.61. The number of halogens is 2. The van der Waals surface area contributed by atoms with E-state index >= 15 is 0 Å². The number of hydrogen-bond donors (Lipinski definition) is 0. The molecule has 1 unspecified atom stereocenters. The number of para-hydroxylation sites is 1. The first kappa shape index (κ1) is 16.4. The van der Waals surface area contributed by atoms with Crippen LogP contribution in [0.1, 0.15) is 20.3 Å². The first-order valence-corrected chi connectivity index (χ1v) is 8.59. The van der Waals surface area contributed by atoms with Crippen LogP contribution in [-0.4, -0.2) is 32.3 Å². The molecule has 0 radical (unpaired) electrons. The Labute approximate surface area is 133 Å². The largest absolute Gasteiger partial charge is 0.465 e. The van der Waals surface area contributed by atoms with E-state index in [0.29, 0.717) is 0 Å². The number of anilines is 1. The van der Waals surface area contributed by atoms with E-state index < -0.39 is 20.7 Å². The minimum absolute atomic E-state index is 0.121. The Morgan fingerprint density at radius 2 is 1.95 bits per heavy atom. The van der Waals surface area contributed by atoms with E-state index in [2.05, 4.69) is 0 Å². The first-order chi connectivity index (χ1) is 9.75. The number of ether oxygens (including phenoxy) is 1. The van der Waals surface area contributed by atoms with Crippen LogP contribution >= 0.6 is 23.2 Å². The van der Waals surface area contributed by atoms with Gasteiger partial charge in [0.25, 0.3) is 10.0 Å². The van der Waals surface area contributed by atoms with E-state index in [4.69, 9.17) is 27.9 Å². The Morgan fingerprint density at radius 3 is 2.48 bits per heavy atom. The molecule has 1 heterocycles. The van der Waals surface area contributed by atoms with Gasteiger partial charge in [0, 0.05) is 6.54 Å². The molecule has 1 fully saturated rings. The van der Waals surface area contributed by atoms with Gasteiger partial charge in [-0.1, -0.05) is 29.3 Å². The molecule has 0 aromatic heterocycles. The Morgan fingerprint density at radius 1 is 1.38 bits per heavy atom. The molecule has 1 saturated heterocycles. The van der Waals surface area contributed by atoms with Gasteiger partial charge in [0.15, 0.2) is 4.75 Å². The molecule has 0 aliphatic carbocycles. The smallest absolute Gasteiger partial charge is 0.329 e. The second-order valence-corrected chi connectivity index (χ2v) is 7.96. The summed E-state index contributed by atoms with van der Waals surface area (Å²) in [5.41, 5.74) is 0.203. The molecule has 0 N–H and O–H groups in total. The van der Waals surface area contributed by atoms with Crippen molar-refractivity contribution < 1.29 is 17.9 Å². The molecule has 0 amide bonds. The van der Waals surface area contributed by atoms with Crippen molar-refractivity contribution in [2.24, 2.45) is 0 Å². The van der Waals surface area contributed by atoms with Crippen LogP contribution in [0, 0.1) is 0 Å². The SMILES string of the molecule is CCOC(=O)C1(C)CCN(c2c(Cl)cccc2Cl)S1(=O)=O. The number of esters is 1. The highest BCUT2D eigenvalue weighted by Gasteiger charge is 2.56. The maximum absolute atomic E-state index is 12.7. The summed E-state index contributed by atoms with van der Waals surface area (Å²) >= 11 is 12.1. The van der Waals surface area contributed by atoms with Crippen LogP contribution in [0.4, 0.5) is 5.69 Å². The van der Waals surface area contributed by atoms with Crippen molar-refractivity contribution in [3.05, 3.63) is 28.2 Å². The van der Waals surface area contributed by atoms with Crippen LogP contribution in [0.2, 0.25) is 10.0 Å². The number of nitrogens with zero attached hydrogens (tertiary/aromatic N) is 1. The van der Waals surface area contributed by atoms with Gasteiger partial charge in [-0.2, -0.15) is 0 Å². The summed E-state index contributed by atoms with van der Waals surface area (Å²) in [6.45, 7) is 3.24. The topological polar surface area (TPSA) is 63.7 Å². The standard InChI is InChI=1S/C13H15Cl2NO4S/c1-3-20-12(17)13(2)7-8-16(21(13,18)19)11-9(14)5-4-6-10(11)15/h4-6H,3,7-8H2,1-2H3. The molecule has 0 spiro atoms. The lowest BCUT2D eigenvalue weighted by atomic mass is 10.1. The van der Waals surface area contributed by atoms with Gasteiger partial charge < -0.3 is 4.74 Å². The molecule has 1 aromatic carbocycles. The molecule has 1 aliphatic rings. The van der Waals surface area contributed by atoms with E-state index in [1.807, 2.05) is 0 Å². The molecule has 1 aliphatic heterocycles. The van der Waals surface area contributed by atoms with Crippen molar-refractivity contribution in [3.8, 4) is 0 Å². The Balaban J connectivity index is 2.50. The molecule has 2 rings (SSSR count). The number of rotatable bonds is 3. The van der Waals surface area contributed by atoms with Crippen molar-refractivity contribution in [1.82, 2.24) is 0 Å². The quantitative estimate of drug-likeness (QED) is 0.785. The average molecular weight is 352 g/mol. The lowest BCUT2D eigenvalue weighted by Crippen LogP contribution is -2.45. The zero-order valence-electron chi connectivity index (χ0n) is 11.6. The van der Waals surface area contributed by atoms with Crippen LogP contribution in [-0.2, 0) is 19.6 Å². The number of benzene rings is 1. The molecule has 0 bridgehead atoms. The third kappa shape index (κ3) is 2.49. The molecular formula is C13H15Cl2NO4S. The van der Waals surface area contributed by atoms with Gasteiger partial charge in [-0.05, 0) is 32.4 Å². The van der Waals surface area contributed by atoms with Crippen molar-refractivity contribution in [2.45, 2.75) is 25.0 Å². The van der Waals surface area contributed by atoms with E-state index in [0.717, 1.165) is 4.31 Å². The Bertz CT molecular complexity index is 656. The van der Waals surface area contributed by atoms with Crippen LogP contribution in [0.25, 0.3) is 0 Å². The molecule has 0 saturated carbocycles. The van der Waals surface area contributed by atoms with E-state index in [1.54, 1.807) is 25.1 Å². The van der Waals surface area contributed by atoms with Crippen molar-refractivity contribution in [3.63, 3.8) is 0 Å². The molecular weight excluding hydrogens is 337 g/mol. The van der Waals surface area contributed by atoms with Gasteiger partial charge in [-0.25, -0.2) is 8.42 Å². The Hall–Kier alpha value is -0.980. The van der Waals surface area contributed by atoms with E-state index in [1.165, 1.54) is 6.92 Å². The molecule has 116 valence electrons. The van der Waals surface area contributed by atoms with Crippen molar-refractivity contribution >= 4 is 44.9 Å². The minimum atomic E-state index is -3.96. The first-order valence-electron chi connectivity index (χ1n) is 6.39. The van der Waals surface area contributed by atoms with E-state index in [9.17, 15) is 13.2 Å². The highest BCUT2D eigenvalue weighted by Crippen LogP contribution is 2.43. The van der Waals surface area contributed by atoms with Crippen molar-refractivity contribution in [1.29, 1.82) is 0 Å². The zero-order valence-corrected chi connectivity index (χ0v) is 13.9. The van der Waals surface area contributed by atoms with Gasteiger partial charge >= 0.3 is 5.97 Å². The summed E-state index contributed by atoms with van der Waals surface area (Å²) < 4.78 is 29.9. The summed E-state index contributed by atoms with van der Waals surface area (Å²) in [7, 11) is -3.96. The van der Waals surface area contributed by atoms with Crippen LogP contribution in [0.15, 0.2) is 18.2 Å². The van der Waals surface area contributed by atoms with Crippen LogP contribution < -0.4 is 4.31 Å². The van der Waals surface area contributed by atoms with Gasteiger partial charge in [0.05, 0.1) is 22.3 Å². The molecule has 1 aromatic rings. The maximum atomic E-state index is 12.7. The summed E-state index contributed by atoms with van der Waals surface area (Å²) in [6.07, 6.45) is 0.121. The van der Waals surface area contributed by atoms with Gasteiger partial charge in [-0.15, -0.1) is 0 Å². The lowest BCUT2D eigenvalue weighted by Gasteiger charge is -2.25. The molecule has 21 heavy (non-hydrogen) atoms. The summed E-state index contributed by atoms with van der Waals surface area (Å²) in [6, 6.07) is 4.73. The number of carbonyl (C=O) groups excluding carboxylic acids is 1. The van der Waals surface area contributed by atoms with Crippen LogP contribution in [0.5, 0.6) is 0 Å². The molecule has 5 nitrogen and oxygen atoms in total. The number of sulfonamides is 1. The third-order valence-electron chi connectivity index (χ3n) is 3.55.